The Bertz CT molecular complexity index is 533. The highest BCUT2D eigenvalue weighted by Crippen LogP contribution is 2.35. The first-order valence-electron chi connectivity index (χ1n) is 8.24. The molecule has 0 bridgehead atoms. The average Bonchev–Trinajstić information content (AvgIpc) is 3.02. The fraction of sp³-hybridized carbons (Fsp3) is 0.647. The number of benzene rings is 1. The Balaban J connectivity index is 1.45. The van der Waals surface area contributed by atoms with Crippen molar-refractivity contribution in [3.05, 3.63) is 23.8 Å². The quantitative estimate of drug-likeness (QED) is 0.927. The van der Waals surface area contributed by atoms with E-state index in [1.807, 2.05) is 18.2 Å². The molecule has 0 radical (unpaired) electrons. The number of nitrogens with zero attached hydrogens (tertiary/aromatic N) is 1. The minimum Gasteiger partial charge on any atom is -0.454 e. The normalized spacial score (nSPS) is 29.1. The van der Waals surface area contributed by atoms with Crippen molar-refractivity contribution < 1.29 is 19.3 Å². The summed E-state index contributed by atoms with van der Waals surface area (Å²) in [5, 5.41) is 10.6. The van der Waals surface area contributed by atoms with E-state index in [4.69, 9.17) is 14.2 Å². The van der Waals surface area contributed by atoms with Gasteiger partial charge in [0.1, 0.15) is 0 Å². The van der Waals surface area contributed by atoms with Crippen LogP contribution in [0.4, 0.5) is 0 Å². The second-order valence-electron chi connectivity index (χ2n) is 6.38. The standard InChI is InChI=1S/C17H23NO4/c19-14(12-5-6-16-17(9-12)22-11-21-16)10-18-7-8-20-15-4-2-1-3-13(15)18/h5-6,9,13-15,19H,1-4,7-8,10-11H2/t13-,14-,15-/m1/s1. The highest BCUT2D eigenvalue weighted by molar-refractivity contribution is 5.45. The zero-order chi connectivity index (χ0) is 14.9. The molecule has 3 atom stereocenters. The van der Waals surface area contributed by atoms with Crippen LogP contribution in [-0.4, -0.2) is 48.6 Å². The first-order valence-corrected chi connectivity index (χ1v) is 8.24. The van der Waals surface area contributed by atoms with Crippen molar-refractivity contribution in [3.63, 3.8) is 0 Å². The topological polar surface area (TPSA) is 51.2 Å². The number of hydrogen-bond donors (Lipinski definition) is 1. The molecule has 0 unspecified atom stereocenters. The maximum atomic E-state index is 10.6. The number of β-amino-alcohol motifs (C(OH)–C–C–N with tert-alkyl or cyclic N) is 1. The number of morpholine rings is 1. The monoisotopic (exact) mass is 305 g/mol. The number of hydrogen-bond acceptors (Lipinski definition) is 5. The fourth-order valence-corrected chi connectivity index (χ4v) is 3.85. The van der Waals surface area contributed by atoms with Crippen LogP contribution in [0.15, 0.2) is 18.2 Å². The SMILES string of the molecule is O[C@H](CN1CCO[C@@H]2CCCC[C@H]21)c1ccc2c(c1)OCO2. The smallest absolute Gasteiger partial charge is 0.231 e. The summed E-state index contributed by atoms with van der Waals surface area (Å²) in [4.78, 5) is 2.41. The lowest BCUT2D eigenvalue weighted by atomic mass is 9.89. The maximum Gasteiger partial charge on any atom is 0.231 e. The van der Waals surface area contributed by atoms with Crippen molar-refractivity contribution in [2.75, 3.05) is 26.5 Å². The van der Waals surface area contributed by atoms with E-state index >= 15 is 0 Å². The molecule has 5 heteroatoms. The zero-order valence-corrected chi connectivity index (χ0v) is 12.7. The molecule has 2 heterocycles. The third-order valence-corrected chi connectivity index (χ3v) is 5.04. The van der Waals surface area contributed by atoms with Crippen LogP contribution in [0.3, 0.4) is 0 Å². The molecule has 1 N–H and O–H groups in total. The zero-order valence-electron chi connectivity index (χ0n) is 12.7. The predicted octanol–water partition coefficient (Wildman–Crippen LogP) is 2.09. The van der Waals surface area contributed by atoms with Gasteiger partial charge in [-0.1, -0.05) is 18.9 Å². The van der Waals surface area contributed by atoms with E-state index in [1.165, 1.54) is 19.3 Å². The molecule has 4 rings (SSSR count). The highest BCUT2D eigenvalue weighted by Gasteiger charge is 2.35. The van der Waals surface area contributed by atoms with E-state index in [9.17, 15) is 5.11 Å². The number of aliphatic hydroxyl groups is 1. The van der Waals surface area contributed by atoms with Crippen molar-refractivity contribution in [1.82, 2.24) is 4.90 Å². The molecular weight excluding hydrogens is 282 g/mol. The first-order chi connectivity index (χ1) is 10.8. The van der Waals surface area contributed by atoms with E-state index in [1.54, 1.807) is 0 Å². The molecule has 2 aliphatic heterocycles. The van der Waals surface area contributed by atoms with Gasteiger partial charge in [-0.05, 0) is 30.5 Å². The number of aliphatic hydroxyl groups excluding tert-OH is 1. The van der Waals surface area contributed by atoms with Crippen LogP contribution in [0.25, 0.3) is 0 Å². The molecule has 5 nitrogen and oxygen atoms in total. The van der Waals surface area contributed by atoms with Gasteiger partial charge in [-0.2, -0.15) is 0 Å². The third kappa shape index (κ3) is 2.69. The molecule has 3 aliphatic rings. The molecule has 0 amide bonds. The Morgan fingerprint density at radius 2 is 2.05 bits per heavy atom. The van der Waals surface area contributed by atoms with Gasteiger partial charge in [0.05, 0.1) is 18.8 Å². The fourth-order valence-electron chi connectivity index (χ4n) is 3.85. The van der Waals surface area contributed by atoms with E-state index in [0.717, 1.165) is 36.6 Å². The van der Waals surface area contributed by atoms with Crippen LogP contribution < -0.4 is 9.47 Å². The minimum absolute atomic E-state index is 0.266. The highest BCUT2D eigenvalue weighted by atomic mass is 16.7. The summed E-state index contributed by atoms with van der Waals surface area (Å²) in [7, 11) is 0. The van der Waals surface area contributed by atoms with E-state index in [0.29, 0.717) is 18.7 Å². The Labute approximate surface area is 130 Å². The second kappa shape index (κ2) is 6.07. The van der Waals surface area contributed by atoms with Gasteiger partial charge in [-0.3, -0.25) is 4.90 Å². The van der Waals surface area contributed by atoms with Gasteiger partial charge in [0.2, 0.25) is 6.79 Å². The molecule has 1 aromatic carbocycles. The molecule has 0 aromatic heterocycles. The van der Waals surface area contributed by atoms with Gasteiger partial charge in [-0.15, -0.1) is 0 Å². The van der Waals surface area contributed by atoms with Crippen LogP contribution in [0.2, 0.25) is 0 Å². The van der Waals surface area contributed by atoms with Crippen LogP contribution in [-0.2, 0) is 4.74 Å². The Hall–Kier alpha value is -1.30. The van der Waals surface area contributed by atoms with Gasteiger partial charge >= 0.3 is 0 Å². The molecule has 1 saturated heterocycles. The molecule has 2 fully saturated rings. The summed E-state index contributed by atoms with van der Waals surface area (Å²) in [6.07, 6.45) is 4.71. The van der Waals surface area contributed by atoms with Gasteiger partial charge in [0.25, 0.3) is 0 Å². The van der Waals surface area contributed by atoms with E-state index in [2.05, 4.69) is 4.90 Å². The molecule has 1 aliphatic carbocycles. The molecule has 1 saturated carbocycles. The van der Waals surface area contributed by atoms with Crippen molar-refractivity contribution in [1.29, 1.82) is 0 Å². The van der Waals surface area contributed by atoms with Gasteiger partial charge in [-0.25, -0.2) is 0 Å². The average molecular weight is 305 g/mol. The van der Waals surface area contributed by atoms with Gasteiger partial charge in [0.15, 0.2) is 11.5 Å². The van der Waals surface area contributed by atoms with Gasteiger partial charge in [0, 0.05) is 19.1 Å². The Kier molecular flexibility index (Phi) is 3.94. The van der Waals surface area contributed by atoms with E-state index in [-0.39, 0.29) is 6.79 Å². The summed E-state index contributed by atoms with van der Waals surface area (Å²) in [5.74, 6) is 1.49. The Morgan fingerprint density at radius 1 is 1.18 bits per heavy atom. The lowest BCUT2D eigenvalue weighted by Crippen LogP contribution is -2.53. The molecule has 22 heavy (non-hydrogen) atoms. The summed E-state index contributed by atoms with van der Waals surface area (Å²) in [6.45, 7) is 2.60. The van der Waals surface area contributed by atoms with Crippen molar-refractivity contribution >= 4 is 0 Å². The summed E-state index contributed by atoms with van der Waals surface area (Å²) < 4.78 is 16.6. The first kappa shape index (κ1) is 14.3. The third-order valence-electron chi connectivity index (χ3n) is 5.04. The van der Waals surface area contributed by atoms with Crippen LogP contribution in [0, 0.1) is 0 Å². The number of ether oxygens (including phenoxy) is 3. The van der Waals surface area contributed by atoms with Crippen molar-refractivity contribution in [3.8, 4) is 11.5 Å². The van der Waals surface area contributed by atoms with Crippen molar-refractivity contribution in [2.45, 2.75) is 43.9 Å². The maximum absolute atomic E-state index is 10.6. The van der Waals surface area contributed by atoms with Gasteiger partial charge < -0.3 is 19.3 Å². The van der Waals surface area contributed by atoms with Crippen molar-refractivity contribution in [2.24, 2.45) is 0 Å². The second-order valence-corrected chi connectivity index (χ2v) is 6.38. The Morgan fingerprint density at radius 3 is 3.00 bits per heavy atom. The summed E-state index contributed by atoms with van der Waals surface area (Å²) >= 11 is 0. The molecule has 120 valence electrons. The largest absolute Gasteiger partial charge is 0.454 e. The molecular formula is C17H23NO4. The lowest BCUT2D eigenvalue weighted by Gasteiger charge is -2.44. The molecule has 0 spiro atoms. The van der Waals surface area contributed by atoms with E-state index < -0.39 is 6.10 Å². The summed E-state index contributed by atoms with van der Waals surface area (Å²) in [5.41, 5.74) is 0.892. The van der Waals surface area contributed by atoms with Crippen LogP contribution in [0.1, 0.15) is 37.4 Å². The predicted molar refractivity (Wildman–Crippen MR) is 81.1 cm³/mol. The lowest BCUT2D eigenvalue weighted by molar-refractivity contribution is -0.0975. The minimum atomic E-state index is -0.504. The summed E-state index contributed by atoms with van der Waals surface area (Å²) in [6, 6.07) is 6.16. The van der Waals surface area contributed by atoms with Crippen LogP contribution in [0.5, 0.6) is 11.5 Å². The number of rotatable bonds is 3. The number of fused-ring (bicyclic) bond motifs is 2. The van der Waals surface area contributed by atoms with Crippen LogP contribution >= 0.6 is 0 Å². The molecule has 1 aromatic rings.